The highest BCUT2D eigenvalue weighted by Gasteiger charge is 2.38. The summed E-state index contributed by atoms with van der Waals surface area (Å²) in [5, 5.41) is 12.1. The molecule has 2 atom stereocenters. The van der Waals surface area contributed by atoms with Crippen molar-refractivity contribution in [3.8, 4) is 5.75 Å². The minimum absolute atomic E-state index is 0.205. The molecule has 11 nitrogen and oxygen atoms in total. The van der Waals surface area contributed by atoms with Crippen molar-refractivity contribution >= 4 is 27.7 Å². The lowest BCUT2D eigenvalue weighted by atomic mass is 9.74. The molecule has 5 aromatic rings. The minimum Gasteiger partial charge on any atom is -0.487 e. The van der Waals surface area contributed by atoms with Crippen LogP contribution in [0.3, 0.4) is 0 Å². The van der Waals surface area contributed by atoms with Gasteiger partial charge in [-0.05, 0) is 87.1 Å². The molecule has 47 heavy (non-hydrogen) atoms. The third kappa shape index (κ3) is 6.14. The summed E-state index contributed by atoms with van der Waals surface area (Å²) in [6.07, 6.45) is 3.51. The van der Waals surface area contributed by atoms with E-state index in [1.54, 1.807) is 22.5 Å². The van der Waals surface area contributed by atoms with E-state index in [2.05, 4.69) is 56.8 Å². The second kappa shape index (κ2) is 12.8. The molecule has 1 amide bonds. The molecule has 4 N–H and O–H groups in total. The fraction of sp³-hybridized carbons (Fsp3) is 0.371. The lowest BCUT2D eigenvalue weighted by molar-refractivity contribution is 0.0901. The fourth-order valence-corrected chi connectivity index (χ4v) is 8.20. The number of para-hydroxylation sites is 1. The molecule has 0 saturated carbocycles. The highest BCUT2D eigenvalue weighted by Crippen LogP contribution is 2.57. The van der Waals surface area contributed by atoms with Gasteiger partial charge in [-0.1, -0.05) is 48.5 Å². The second-order valence-electron chi connectivity index (χ2n) is 12.7. The number of aryl methyl sites for hydroxylation is 3. The predicted octanol–water partition coefficient (Wildman–Crippen LogP) is 6.83. The van der Waals surface area contributed by atoms with Gasteiger partial charge in [0.15, 0.2) is 0 Å². The van der Waals surface area contributed by atoms with Crippen molar-refractivity contribution in [1.82, 2.24) is 34.6 Å². The Bertz CT molecular complexity index is 1900. The van der Waals surface area contributed by atoms with Gasteiger partial charge in [-0.3, -0.25) is 13.9 Å². The first-order chi connectivity index (χ1) is 22.4. The summed E-state index contributed by atoms with van der Waals surface area (Å²) < 4.78 is 33.2. The first-order valence-electron chi connectivity index (χ1n) is 16.0. The number of aromatic nitrogens is 5. The van der Waals surface area contributed by atoms with Crippen LogP contribution in [0.2, 0.25) is 0 Å². The highest BCUT2D eigenvalue weighted by molar-refractivity contribution is 8.22. The van der Waals surface area contributed by atoms with Gasteiger partial charge in [0.2, 0.25) is 0 Å². The van der Waals surface area contributed by atoms with E-state index in [-0.39, 0.29) is 17.9 Å². The van der Waals surface area contributed by atoms with Crippen molar-refractivity contribution in [2.24, 2.45) is 0 Å². The summed E-state index contributed by atoms with van der Waals surface area (Å²) in [6, 6.07) is 17.6. The van der Waals surface area contributed by atoms with Gasteiger partial charge in [0.1, 0.15) is 28.0 Å². The molecule has 2 aromatic heterocycles. The number of fused-ring (bicyclic) bond motifs is 2. The maximum atomic E-state index is 13.4. The average molecular weight is 658 g/mol. The molecule has 12 heteroatoms. The molecule has 0 saturated heterocycles. The Kier molecular flexibility index (Phi) is 8.88. The monoisotopic (exact) mass is 657 g/mol. The topological polar surface area (TPSA) is 141 Å². The number of aromatic amines is 1. The van der Waals surface area contributed by atoms with Crippen LogP contribution in [0.1, 0.15) is 78.3 Å². The summed E-state index contributed by atoms with van der Waals surface area (Å²) in [5.41, 5.74) is 6.31. The third-order valence-corrected chi connectivity index (χ3v) is 11.1. The van der Waals surface area contributed by atoms with Crippen LogP contribution in [-0.4, -0.2) is 62.5 Å². The van der Waals surface area contributed by atoms with E-state index in [0.29, 0.717) is 36.0 Å². The van der Waals surface area contributed by atoms with Gasteiger partial charge in [0.05, 0.1) is 24.6 Å². The largest absolute Gasteiger partial charge is 0.487 e. The third-order valence-electron chi connectivity index (χ3n) is 9.21. The van der Waals surface area contributed by atoms with Crippen LogP contribution in [0.5, 0.6) is 5.75 Å². The molecule has 1 unspecified atom stereocenters. The summed E-state index contributed by atoms with van der Waals surface area (Å²) >= 11 is 0. The van der Waals surface area contributed by atoms with Gasteiger partial charge in [0, 0.05) is 24.5 Å². The van der Waals surface area contributed by atoms with Crippen molar-refractivity contribution in [2.45, 2.75) is 83.5 Å². The van der Waals surface area contributed by atoms with E-state index >= 15 is 0 Å². The molecular weight excluding hydrogens is 614 g/mol. The second-order valence-corrected chi connectivity index (χ2v) is 14.7. The average Bonchev–Trinajstić information content (AvgIpc) is 3.72. The van der Waals surface area contributed by atoms with E-state index in [9.17, 15) is 13.9 Å². The lowest BCUT2D eigenvalue weighted by Crippen LogP contribution is -2.48. The first-order valence-corrected chi connectivity index (χ1v) is 17.5. The number of benzene rings is 3. The van der Waals surface area contributed by atoms with Crippen LogP contribution in [0.4, 0.5) is 0 Å². The van der Waals surface area contributed by atoms with Crippen LogP contribution >= 0.6 is 10.8 Å². The Morgan fingerprint density at radius 1 is 1.15 bits per heavy atom. The Balaban J connectivity index is 1.44. The summed E-state index contributed by atoms with van der Waals surface area (Å²) in [6.45, 7) is 13.6. The van der Waals surface area contributed by atoms with Crippen molar-refractivity contribution < 1.29 is 18.6 Å². The Labute approximate surface area is 276 Å². The van der Waals surface area contributed by atoms with Crippen LogP contribution in [0.15, 0.2) is 72.0 Å². The maximum absolute atomic E-state index is 13.4. The molecule has 1 aliphatic heterocycles. The number of carbonyl (C=O) groups excluding carboxylic acids is 1. The van der Waals surface area contributed by atoms with Crippen molar-refractivity contribution in [2.75, 3.05) is 6.54 Å². The zero-order valence-electron chi connectivity index (χ0n) is 27.7. The molecule has 0 fully saturated rings. The number of hydrogen-bond acceptors (Lipinski definition) is 8. The number of imidazole rings is 1. The SMILES string of the molecule is CCC1CN(Cc2cc([C@@H](c3ccc4c(nnn4CC)c3C)C(C)(C)NC(=O)c3cnc[nH]3)ccc2C)S(O)(O)c2ccccc2O1. The highest BCUT2D eigenvalue weighted by atomic mass is 32.3. The zero-order valence-corrected chi connectivity index (χ0v) is 28.5. The van der Waals surface area contributed by atoms with Crippen LogP contribution < -0.4 is 10.1 Å². The Hall–Kier alpha value is -4.23. The van der Waals surface area contributed by atoms with Gasteiger partial charge >= 0.3 is 0 Å². The Morgan fingerprint density at radius 2 is 1.94 bits per heavy atom. The normalized spacial score (nSPS) is 17.8. The van der Waals surface area contributed by atoms with Crippen molar-refractivity contribution in [3.05, 3.63) is 101 Å². The summed E-state index contributed by atoms with van der Waals surface area (Å²) in [7, 11) is -3.34. The molecule has 0 aliphatic carbocycles. The van der Waals surface area contributed by atoms with Crippen molar-refractivity contribution in [1.29, 1.82) is 0 Å². The molecular formula is C35H43N7O4S. The van der Waals surface area contributed by atoms with E-state index in [0.717, 1.165) is 45.3 Å². The summed E-state index contributed by atoms with van der Waals surface area (Å²) in [4.78, 5) is 20.7. The summed E-state index contributed by atoms with van der Waals surface area (Å²) in [5.74, 6) is -0.0573. The molecule has 3 aromatic carbocycles. The maximum Gasteiger partial charge on any atom is 0.269 e. The standard InChI is InChI=1S/C35H43N7O4S/c1-7-26-20-41(47(44,45)31-12-10-9-11-30(31)46-26)19-25-17-24(14-13-22(25)3)32(35(5,6)38-34(43)28-18-36-21-37-28)27-15-16-29-33(23(27)4)39-40-42(29)8-2/h9-18,21,26,32,44-45H,7-8,19-20H2,1-6H3,(H,36,37)(H,38,43)/t26?,32-/m0/s1. The fourth-order valence-electron chi connectivity index (χ4n) is 6.59. The lowest BCUT2D eigenvalue weighted by Gasteiger charge is -2.42. The van der Waals surface area contributed by atoms with Crippen LogP contribution in [0, 0.1) is 13.8 Å². The quantitative estimate of drug-likeness (QED) is 0.135. The number of amides is 1. The van der Waals surface area contributed by atoms with E-state index in [1.165, 1.54) is 12.5 Å². The van der Waals surface area contributed by atoms with Gasteiger partial charge in [-0.25, -0.2) is 9.67 Å². The smallest absolute Gasteiger partial charge is 0.269 e. The molecule has 0 radical (unpaired) electrons. The van der Waals surface area contributed by atoms with E-state index < -0.39 is 16.3 Å². The molecule has 1 aliphatic rings. The van der Waals surface area contributed by atoms with E-state index in [1.807, 2.05) is 51.4 Å². The molecule has 3 heterocycles. The van der Waals surface area contributed by atoms with Gasteiger partial charge in [0.25, 0.3) is 5.91 Å². The molecule has 248 valence electrons. The number of carbonyl (C=O) groups is 1. The van der Waals surface area contributed by atoms with Gasteiger partial charge < -0.3 is 15.0 Å². The van der Waals surface area contributed by atoms with Gasteiger partial charge in [-0.2, -0.15) is 4.31 Å². The number of hydrogen-bond donors (Lipinski definition) is 4. The molecule has 0 spiro atoms. The zero-order chi connectivity index (χ0) is 33.5. The number of H-pyrrole nitrogens is 1. The predicted molar refractivity (Wildman–Crippen MR) is 184 cm³/mol. The number of nitrogens with zero attached hydrogens (tertiary/aromatic N) is 5. The van der Waals surface area contributed by atoms with Crippen LogP contribution in [0.25, 0.3) is 11.0 Å². The van der Waals surface area contributed by atoms with Gasteiger partial charge in [-0.15, -0.1) is 15.9 Å². The number of rotatable bonds is 9. The minimum atomic E-state index is -3.34. The van der Waals surface area contributed by atoms with E-state index in [4.69, 9.17) is 4.74 Å². The molecule has 0 bridgehead atoms. The van der Waals surface area contributed by atoms with Crippen molar-refractivity contribution in [3.63, 3.8) is 0 Å². The first kappa shape index (κ1) is 32.7. The number of nitrogens with one attached hydrogen (secondary N) is 2. The molecule has 6 rings (SSSR count). The Morgan fingerprint density at radius 3 is 2.66 bits per heavy atom. The van der Waals surface area contributed by atoms with Crippen LogP contribution in [-0.2, 0) is 13.1 Å². The number of ether oxygens (including phenoxy) is 1.